The fourth-order valence-corrected chi connectivity index (χ4v) is 2.80. The van der Waals surface area contributed by atoms with Crippen molar-refractivity contribution >= 4 is 12.1 Å². The van der Waals surface area contributed by atoms with Gasteiger partial charge in [0, 0.05) is 6.42 Å². The average molecular weight is 429 g/mol. The van der Waals surface area contributed by atoms with Crippen LogP contribution in [0.4, 0.5) is 4.79 Å². The molecule has 0 radical (unpaired) electrons. The van der Waals surface area contributed by atoms with Gasteiger partial charge in [0.15, 0.2) is 0 Å². The van der Waals surface area contributed by atoms with Crippen LogP contribution in [0.25, 0.3) is 0 Å². The topological polar surface area (TPSA) is 96.7 Å². The Hall–Kier alpha value is -3.42. The second kappa shape index (κ2) is 11.1. The molecule has 0 aliphatic carbocycles. The standard InChI is InChI=1S/C23H29N3O5/c1-23(2,3)31-22(28)25-20(15-12-17-8-6-5-7-9-17)26(29)24-16-18-10-13-19(14-11-18)21(27)30-4/h5-11,13-14,20H,12,15-16H2,1-4H3,(H-,24,25,28,29)/p+1. The molecule has 2 rings (SSSR count). The number of carbonyl (C=O) groups excluding carboxylic acids is 2. The van der Waals surface area contributed by atoms with Gasteiger partial charge in [-0.15, -0.1) is 5.43 Å². The molecular weight excluding hydrogens is 398 g/mol. The van der Waals surface area contributed by atoms with Crippen molar-refractivity contribution in [3.05, 3.63) is 76.2 Å². The first-order valence-electron chi connectivity index (χ1n) is 10.1. The van der Waals surface area contributed by atoms with Gasteiger partial charge in [-0.05, 0) is 50.5 Å². The van der Waals surface area contributed by atoms with Gasteiger partial charge in [-0.1, -0.05) is 42.5 Å². The molecule has 1 atom stereocenters. The first-order valence-corrected chi connectivity index (χ1v) is 10.1. The summed E-state index contributed by atoms with van der Waals surface area (Å²) in [4.78, 5) is 37.1. The maximum atomic E-state index is 12.7. The highest BCUT2D eigenvalue weighted by atomic mass is 16.6. The Balaban J connectivity index is 2.00. The first kappa shape index (κ1) is 23.9. The molecule has 1 unspecified atom stereocenters. The van der Waals surface area contributed by atoms with E-state index in [1.165, 1.54) is 7.11 Å². The Kier molecular flexibility index (Phi) is 8.54. The minimum absolute atomic E-state index is 0.225. The van der Waals surface area contributed by atoms with Crippen molar-refractivity contribution in [3.8, 4) is 0 Å². The molecule has 2 aromatic rings. The van der Waals surface area contributed by atoms with E-state index >= 15 is 0 Å². The van der Waals surface area contributed by atoms with Gasteiger partial charge in [-0.3, -0.25) is 5.32 Å². The number of nitrogens with zero attached hydrogens (tertiary/aromatic N) is 1. The van der Waals surface area contributed by atoms with E-state index in [0.29, 0.717) is 23.3 Å². The number of esters is 1. The first-order chi connectivity index (χ1) is 14.7. The number of carbonyl (C=O) groups is 2. The van der Waals surface area contributed by atoms with Crippen LogP contribution in [-0.4, -0.2) is 35.8 Å². The fourth-order valence-electron chi connectivity index (χ4n) is 2.80. The van der Waals surface area contributed by atoms with Gasteiger partial charge in [0.2, 0.25) is 0 Å². The molecule has 0 saturated carbocycles. The minimum atomic E-state index is -0.829. The van der Waals surface area contributed by atoms with Crippen LogP contribution in [-0.2, 0) is 22.4 Å². The Morgan fingerprint density at radius 3 is 2.23 bits per heavy atom. The lowest BCUT2D eigenvalue weighted by molar-refractivity contribution is -0.647. The van der Waals surface area contributed by atoms with Crippen LogP contribution < -0.4 is 10.7 Å². The molecule has 0 bridgehead atoms. The van der Waals surface area contributed by atoms with Crippen molar-refractivity contribution in [3.63, 3.8) is 0 Å². The molecule has 0 spiro atoms. The lowest BCUT2D eigenvalue weighted by Crippen LogP contribution is -2.49. The molecule has 0 heterocycles. The van der Waals surface area contributed by atoms with Gasteiger partial charge in [-0.25, -0.2) is 9.59 Å². The summed E-state index contributed by atoms with van der Waals surface area (Å²) in [5.74, 6) is -0.424. The highest BCUT2D eigenvalue weighted by Gasteiger charge is 2.30. The number of ether oxygens (including phenoxy) is 2. The average Bonchev–Trinajstić information content (AvgIpc) is 2.74. The molecule has 8 heteroatoms. The summed E-state index contributed by atoms with van der Waals surface area (Å²) in [5.41, 5.74) is 4.37. The molecule has 8 nitrogen and oxygen atoms in total. The van der Waals surface area contributed by atoms with Gasteiger partial charge in [0.1, 0.15) is 10.5 Å². The van der Waals surface area contributed by atoms with Crippen molar-refractivity contribution in [2.45, 2.75) is 51.9 Å². The van der Waals surface area contributed by atoms with E-state index in [0.717, 1.165) is 11.1 Å². The fraction of sp³-hybridized carbons (Fsp3) is 0.391. The second-order valence-electron chi connectivity index (χ2n) is 8.04. The van der Waals surface area contributed by atoms with Gasteiger partial charge in [0.25, 0.3) is 0 Å². The highest BCUT2D eigenvalue weighted by Crippen LogP contribution is 2.10. The smallest absolute Gasteiger partial charge is 0.412 e. The van der Waals surface area contributed by atoms with Crippen LogP contribution in [0.3, 0.4) is 0 Å². The summed E-state index contributed by atoms with van der Waals surface area (Å²) >= 11 is 0. The van der Waals surface area contributed by atoms with Crippen LogP contribution in [0.1, 0.15) is 48.7 Å². The number of hydrazine groups is 1. The number of hydrogen-bond donors (Lipinski definition) is 2. The minimum Gasteiger partial charge on any atom is -0.465 e. The van der Waals surface area contributed by atoms with Gasteiger partial charge < -0.3 is 9.47 Å². The number of methoxy groups -OCH3 is 1. The van der Waals surface area contributed by atoms with E-state index in [-0.39, 0.29) is 6.54 Å². The number of aryl methyl sites for hydroxylation is 1. The number of nitroso groups, excluding NO2 is 1. The van der Waals surface area contributed by atoms with Crippen molar-refractivity contribution in [1.29, 1.82) is 0 Å². The number of alkyl carbamates (subject to hydrolysis) is 1. The maximum Gasteiger partial charge on any atom is 0.412 e. The summed E-state index contributed by atoms with van der Waals surface area (Å²) in [6.45, 7) is 5.51. The largest absolute Gasteiger partial charge is 0.465 e. The van der Waals surface area contributed by atoms with Crippen molar-refractivity contribution < 1.29 is 23.9 Å². The van der Waals surface area contributed by atoms with Gasteiger partial charge in [0.05, 0.1) is 24.1 Å². The molecule has 1 amide bonds. The summed E-state index contributed by atoms with van der Waals surface area (Å²) in [5, 5.41) is 2.64. The van der Waals surface area contributed by atoms with E-state index in [1.54, 1.807) is 45.0 Å². The SMILES string of the molecule is COC(=O)c1ccc(CN[N+](=O)C(CCc2ccccc2)NC(=O)OC(C)(C)C)cc1. The zero-order valence-electron chi connectivity index (χ0n) is 18.4. The predicted octanol–water partition coefficient (Wildman–Crippen LogP) is 3.74. The zero-order valence-corrected chi connectivity index (χ0v) is 18.4. The van der Waals surface area contributed by atoms with E-state index in [9.17, 15) is 14.5 Å². The maximum absolute atomic E-state index is 12.7. The summed E-state index contributed by atoms with van der Waals surface area (Å²) < 4.78 is 9.97. The zero-order chi connectivity index (χ0) is 22.9. The van der Waals surface area contributed by atoms with E-state index in [2.05, 4.69) is 15.5 Å². The van der Waals surface area contributed by atoms with Crippen molar-refractivity contribution in [1.82, 2.24) is 10.7 Å². The highest BCUT2D eigenvalue weighted by molar-refractivity contribution is 5.89. The Bertz CT molecular complexity index is 876. The van der Waals surface area contributed by atoms with E-state index in [4.69, 9.17) is 4.74 Å². The van der Waals surface area contributed by atoms with Crippen LogP contribution in [0.15, 0.2) is 54.6 Å². The number of rotatable bonds is 9. The quantitative estimate of drug-likeness (QED) is 0.273. The molecule has 31 heavy (non-hydrogen) atoms. The molecule has 0 aliphatic heterocycles. The van der Waals surface area contributed by atoms with Crippen molar-refractivity contribution in [2.75, 3.05) is 7.11 Å². The molecule has 0 aromatic heterocycles. The molecule has 2 N–H and O–H groups in total. The molecule has 2 aromatic carbocycles. The van der Waals surface area contributed by atoms with Crippen LogP contribution >= 0.6 is 0 Å². The molecule has 166 valence electrons. The van der Waals surface area contributed by atoms with Crippen LogP contribution in [0, 0.1) is 4.91 Å². The monoisotopic (exact) mass is 428 g/mol. The third kappa shape index (κ3) is 8.46. The van der Waals surface area contributed by atoms with E-state index in [1.807, 2.05) is 30.3 Å². The third-order valence-corrected chi connectivity index (χ3v) is 4.33. The number of nitrogens with one attached hydrogen (secondary N) is 2. The lowest BCUT2D eigenvalue weighted by Gasteiger charge is -2.20. The second-order valence-corrected chi connectivity index (χ2v) is 8.04. The number of benzene rings is 2. The number of amides is 1. The van der Waals surface area contributed by atoms with Crippen LogP contribution in [0.5, 0.6) is 0 Å². The normalized spacial score (nSPS) is 11.9. The Morgan fingerprint density at radius 1 is 1.00 bits per heavy atom. The summed E-state index contributed by atoms with van der Waals surface area (Å²) in [6, 6.07) is 16.4. The summed E-state index contributed by atoms with van der Waals surface area (Å²) in [7, 11) is 1.32. The molecule has 0 saturated heterocycles. The molecular formula is C23H30N3O5+. The van der Waals surface area contributed by atoms with Crippen molar-refractivity contribution in [2.24, 2.45) is 0 Å². The van der Waals surface area contributed by atoms with Crippen LogP contribution in [0.2, 0.25) is 0 Å². The van der Waals surface area contributed by atoms with Gasteiger partial charge in [-0.2, -0.15) is 0 Å². The number of hydrogen-bond acceptors (Lipinski definition) is 5. The van der Waals surface area contributed by atoms with Gasteiger partial charge >= 0.3 is 18.2 Å². The lowest BCUT2D eigenvalue weighted by atomic mass is 10.1. The summed E-state index contributed by atoms with van der Waals surface area (Å²) in [6.07, 6.45) is -0.489. The Morgan fingerprint density at radius 2 is 1.65 bits per heavy atom. The molecule has 0 fully saturated rings. The Labute approximate surface area is 182 Å². The van der Waals surface area contributed by atoms with E-state index < -0.39 is 23.8 Å². The molecule has 0 aliphatic rings. The third-order valence-electron chi connectivity index (χ3n) is 4.33. The predicted molar refractivity (Wildman–Crippen MR) is 116 cm³/mol.